The molecule has 0 aliphatic rings. The zero-order chi connectivity index (χ0) is 33.6. The second-order valence-corrected chi connectivity index (χ2v) is 13.5. The lowest BCUT2D eigenvalue weighted by atomic mass is 9.95. The molecule has 8 nitrogen and oxygen atoms in total. The van der Waals surface area contributed by atoms with Crippen LogP contribution in [0.25, 0.3) is 33.6 Å². The second kappa shape index (κ2) is 14.5. The van der Waals surface area contributed by atoms with E-state index < -0.39 is 24.5 Å². The SMILES string of the molecule is CCc1ccc(-c2ccc(-c3cnc(-c4ccc(CC(NC(=O)c5ccc(C(C)(C)C)s5)C(=O)NCC(=O)O)cc4)nc3)cc2)cc1. The number of thiophene rings is 1. The van der Waals surface area contributed by atoms with Crippen molar-refractivity contribution in [3.8, 4) is 33.6 Å². The Hall–Kier alpha value is -5.15. The first kappa shape index (κ1) is 33.2. The van der Waals surface area contributed by atoms with Crippen LogP contribution in [0.1, 0.15) is 53.4 Å². The zero-order valence-corrected chi connectivity index (χ0v) is 27.7. The fraction of sp³-hybridized carbons (Fsp3) is 0.237. The smallest absolute Gasteiger partial charge is 0.322 e. The number of aryl methyl sites for hydroxylation is 1. The highest BCUT2D eigenvalue weighted by atomic mass is 32.1. The van der Waals surface area contributed by atoms with Crippen molar-refractivity contribution in [1.29, 1.82) is 0 Å². The molecule has 5 rings (SSSR count). The highest BCUT2D eigenvalue weighted by molar-refractivity contribution is 7.14. The standard InChI is InChI=1S/C38H38N4O4S/c1-5-24-6-10-26(11-7-24)27-14-16-28(17-15-27)30-21-39-35(40-22-30)29-12-8-25(9-13-29)20-31(36(45)41-23-34(43)44)42-37(46)32-18-19-33(47-32)38(2,3)4/h6-19,21-22,31H,5,20,23H2,1-4H3,(H,41,45)(H,42,46)(H,43,44). The third kappa shape index (κ3) is 8.56. The van der Waals surface area contributed by atoms with Gasteiger partial charge in [-0.1, -0.05) is 100 Å². The van der Waals surface area contributed by atoms with Gasteiger partial charge in [-0.3, -0.25) is 14.4 Å². The van der Waals surface area contributed by atoms with Crippen LogP contribution < -0.4 is 10.6 Å². The Balaban J connectivity index is 1.26. The predicted octanol–water partition coefficient (Wildman–Crippen LogP) is 6.94. The number of rotatable bonds is 11. The van der Waals surface area contributed by atoms with Gasteiger partial charge in [-0.05, 0) is 51.8 Å². The lowest BCUT2D eigenvalue weighted by Crippen LogP contribution is -2.49. The first-order valence-electron chi connectivity index (χ1n) is 15.5. The highest BCUT2D eigenvalue weighted by Crippen LogP contribution is 2.30. The van der Waals surface area contributed by atoms with Crippen molar-refractivity contribution in [2.24, 2.45) is 0 Å². The van der Waals surface area contributed by atoms with Crippen LogP contribution in [-0.4, -0.2) is 45.4 Å². The van der Waals surface area contributed by atoms with Crippen LogP contribution in [0, 0.1) is 0 Å². The Kier molecular flexibility index (Phi) is 10.3. The number of nitrogens with zero attached hydrogens (tertiary/aromatic N) is 2. The molecule has 47 heavy (non-hydrogen) atoms. The van der Waals surface area contributed by atoms with Crippen LogP contribution in [0.4, 0.5) is 0 Å². The number of aliphatic carboxylic acids is 1. The molecule has 0 radical (unpaired) electrons. The number of nitrogens with one attached hydrogen (secondary N) is 2. The van der Waals surface area contributed by atoms with E-state index in [0.717, 1.165) is 39.1 Å². The molecule has 0 aliphatic carbocycles. The first-order chi connectivity index (χ1) is 22.5. The molecular weight excluding hydrogens is 609 g/mol. The average Bonchev–Trinajstić information content (AvgIpc) is 3.59. The van der Waals surface area contributed by atoms with Gasteiger partial charge in [-0.2, -0.15) is 0 Å². The molecule has 5 aromatic rings. The molecule has 0 aliphatic heterocycles. The average molecular weight is 647 g/mol. The van der Waals surface area contributed by atoms with Gasteiger partial charge in [-0.25, -0.2) is 9.97 Å². The van der Waals surface area contributed by atoms with Gasteiger partial charge in [-0.15, -0.1) is 11.3 Å². The molecule has 0 fully saturated rings. The van der Waals surface area contributed by atoms with Crippen molar-refractivity contribution in [1.82, 2.24) is 20.6 Å². The number of benzene rings is 3. The van der Waals surface area contributed by atoms with Gasteiger partial charge in [0.05, 0.1) is 4.88 Å². The van der Waals surface area contributed by atoms with E-state index >= 15 is 0 Å². The minimum absolute atomic E-state index is 0.111. The van der Waals surface area contributed by atoms with Gasteiger partial charge in [0.2, 0.25) is 5.91 Å². The van der Waals surface area contributed by atoms with E-state index in [1.807, 2.05) is 30.3 Å². The van der Waals surface area contributed by atoms with E-state index in [0.29, 0.717) is 10.7 Å². The molecule has 0 saturated carbocycles. The number of hydrogen-bond acceptors (Lipinski definition) is 6. The number of hydrogen-bond donors (Lipinski definition) is 3. The van der Waals surface area contributed by atoms with Gasteiger partial charge in [0.15, 0.2) is 5.82 Å². The minimum Gasteiger partial charge on any atom is -0.480 e. The van der Waals surface area contributed by atoms with E-state index in [1.165, 1.54) is 22.5 Å². The normalized spacial score (nSPS) is 11.9. The van der Waals surface area contributed by atoms with E-state index in [2.05, 4.69) is 96.8 Å². The van der Waals surface area contributed by atoms with Crippen LogP contribution in [0.2, 0.25) is 0 Å². The van der Waals surface area contributed by atoms with Crippen LogP contribution in [0.5, 0.6) is 0 Å². The van der Waals surface area contributed by atoms with Crippen molar-refractivity contribution in [2.75, 3.05) is 6.54 Å². The molecule has 0 bridgehead atoms. The Morgan fingerprint density at radius 2 is 1.28 bits per heavy atom. The van der Waals surface area contributed by atoms with Crippen LogP contribution in [0.3, 0.4) is 0 Å². The molecular formula is C38H38N4O4S. The van der Waals surface area contributed by atoms with E-state index in [1.54, 1.807) is 18.5 Å². The van der Waals surface area contributed by atoms with Crippen molar-refractivity contribution in [3.63, 3.8) is 0 Å². The lowest BCUT2D eigenvalue weighted by molar-refractivity contribution is -0.138. The molecule has 2 aromatic heterocycles. The Morgan fingerprint density at radius 3 is 1.81 bits per heavy atom. The van der Waals surface area contributed by atoms with Gasteiger partial charge in [0.1, 0.15) is 12.6 Å². The Bertz CT molecular complexity index is 1840. The summed E-state index contributed by atoms with van der Waals surface area (Å²) in [5, 5.41) is 14.2. The summed E-state index contributed by atoms with van der Waals surface area (Å²) in [6.07, 6.45) is 4.79. The maximum Gasteiger partial charge on any atom is 0.322 e. The number of carbonyl (C=O) groups is 3. The van der Waals surface area contributed by atoms with Gasteiger partial charge >= 0.3 is 5.97 Å². The van der Waals surface area contributed by atoms with Crippen LogP contribution in [0.15, 0.2) is 97.3 Å². The molecule has 1 unspecified atom stereocenters. The molecule has 2 amide bonds. The molecule has 3 N–H and O–H groups in total. The summed E-state index contributed by atoms with van der Waals surface area (Å²) in [4.78, 5) is 47.8. The minimum atomic E-state index is -1.17. The number of amides is 2. The van der Waals surface area contributed by atoms with Crippen molar-refractivity contribution in [3.05, 3.63) is 118 Å². The number of carboxylic acid groups (broad SMARTS) is 1. The maximum absolute atomic E-state index is 13.1. The molecule has 9 heteroatoms. The summed E-state index contributed by atoms with van der Waals surface area (Å²) < 4.78 is 0. The zero-order valence-electron chi connectivity index (χ0n) is 26.9. The third-order valence-corrected chi connectivity index (χ3v) is 9.33. The quantitative estimate of drug-likeness (QED) is 0.143. The van der Waals surface area contributed by atoms with E-state index in [4.69, 9.17) is 5.11 Å². The monoisotopic (exact) mass is 646 g/mol. The first-order valence-corrected chi connectivity index (χ1v) is 16.3. The molecule has 1 atom stereocenters. The molecule has 2 heterocycles. The van der Waals surface area contributed by atoms with Crippen molar-refractivity contribution in [2.45, 2.75) is 52.0 Å². The number of aromatic nitrogens is 2. The summed E-state index contributed by atoms with van der Waals surface area (Å²) in [7, 11) is 0. The summed E-state index contributed by atoms with van der Waals surface area (Å²) >= 11 is 1.37. The second-order valence-electron chi connectivity index (χ2n) is 12.4. The molecule has 0 spiro atoms. The largest absolute Gasteiger partial charge is 0.480 e. The predicted molar refractivity (Wildman–Crippen MR) is 186 cm³/mol. The van der Waals surface area contributed by atoms with E-state index in [-0.39, 0.29) is 17.7 Å². The molecule has 3 aromatic carbocycles. The third-order valence-electron chi connectivity index (χ3n) is 7.82. The number of carbonyl (C=O) groups excluding carboxylic acids is 2. The van der Waals surface area contributed by atoms with E-state index in [9.17, 15) is 14.4 Å². The number of carboxylic acids is 1. The van der Waals surface area contributed by atoms with Crippen LogP contribution >= 0.6 is 11.3 Å². The summed E-state index contributed by atoms with van der Waals surface area (Å²) in [5.41, 5.74) is 7.04. The van der Waals surface area contributed by atoms with Crippen LogP contribution in [-0.2, 0) is 27.8 Å². The molecule has 240 valence electrons. The maximum atomic E-state index is 13.1. The fourth-order valence-electron chi connectivity index (χ4n) is 5.03. The summed E-state index contributed by atoms with van der Waals surface area (Å²) in [5.74, 6) is -1.56. The fourth-order valence-corrected chi connectivity index (χ4v) is 5.99. The summed E-state index contributed by atoms with van der Waals surface area (Å²) in [6, 6.07) is 27.1. The Labute approximate surface area is 278 Å². The van der Waals surface area contributed by atoms with Gasteiger partial charge in [0, 0.05) is 34.8 Å². The Morgan fingerprint density at radius 1 is 0.745 bits per heavy atom. The lowest BCUT2D eigenvalue weighted by Gasteiger charge is -2.18. The topological polar surface area (TPSA) is 121 Å². The van der Waals surface area contributed by atoms with Crippen molar-refractivity contribution < 1.29 is 19.5 Å². The summed E-state index contributed by atoms with van der Waals surface area (Å²) in [6.45, 7) is 7.81. The van der Waals surface area contributed by atoms with Gasteiger partial charge < -0.3 is 15.7 Å². The van der Waals surface area contributed by atoms with Gasteiger partial charge in [0.25, 0.3) is 5.91 Å². The van der Waals surface area contributed by atoms with Crippen molar-refractivity contribution >= 4 is 29.1 Å². The molecule has 0 saturated heterocycles. The highest BCUT2D eigenvalue weighted by Gasteiger charge is 2.25.